The second-order valence-electron chi connectivity index (χ2n) is 4.74. The highest BCUT2D eigenvalue weighted by molar-refractivity contribution is 7.99. The lowest BCUT2D eigenvalue weighted by Crippen LogP contribution is -2.36. The molecular weight excluding hydrogens is 258 g/mol. The molecule has 0 amide bonds. The topological polar surface area (TPSA) is 40.5 Å². The number of thioether (sulfide) groups is 1. The summed E-state index contributed by atoms with van der Waals surface area (Å²) in [6.45, 7) is 7.95. The lowest BCUT2D eigenvalue weighted by Gasteiger charge is -2.26. The molecule has 0 bridgehead atoms. The van der Waals surface area contributed by atoms with E-state index in [0.717, 1.165) is 18.8 Å². The highest BCUT2D eigenvalue weighted by Gasteiger charge is 2.14. The average molecular weight is 281 g/mol. The van der Waals surface area contributed by atoms with Crippen molar-refractivity contribution in [2.45, 2.75) is 38.1 Å². The van der Waals surface area contributed by atoms with Crippen LogP contribution in [0.3, 0.4) is 0 Å². The summed E-state index contributed by atoms with van der Waals surface area (Å²) in [6.07, 6.45) is 0.211. The standard InChI is InChI=1S/C15H23NO2S/c1-4-16(13(3)11-15(17)18)9-10-19-14-7-5-12(2)6-8-14/h5-8,13H,4,9-11H2,1-3H3,(H,17,18). The third-order valence-corrected chi connectivity index (χ3v) is 4.16. The van der Waals surface area contributed by atoms with Gasteiger partial charge in [-0.25, -0.2) is 0 Å². The van der Waals surface area contributed by atoms with Crippen LogP contribution in [0.15, 0.2) is 29.2 Å². The fourth-order valence-electron chi connectivity index (χ4n) is 1.99. The normalized spacial score (nSPS) is 12.6. The number of carboxylic acid groups (broad SMARTS) is 1. The van der Waals surface area contributed by atoms with Gasteiger partial charge in [-0.1, -0.05) is 24.6 Å². The summed E-state index contributed by atoms with van der Waals surface area (Å²) >= 11 is 1.82. The van der Waals surface area contributed by atoms with Crippen LogP contribution in [0.25, 0.3) is 0 Å². The van der Waals surface area contributed by atoms with E-state index < -0.39 is 5.97 Å². The number of carboxylic acids is 1. The molecule has 3 nitrogen and oxygen atoms in total. The van der Waals surface area contributed by atoms with Gasteiger partial charge in [-0.05, 0) is 32.5 Å². The molecule has 4 heteroatoms. The first-order valence-electron chi connectivity index (χ1n) is 6.68. The van der Waals surface area contributed by atoms with Crippen LogP contribution in [0, 0.1) is 6.92 Å². The Morgan fingerprint density at radius 1 is 1.37 bits per heavy atom. The fourth-order valence-corrected chi connectivity index (χ4v) is 2.88. The summed E-state index contributed by atoms with van der Waals surface area (Å²) in [5.41, 5.74) is 1.27. The molecule has 0 aromatic heterocycles. The van der Waals surface area contributed by atoms with Crippen molar-refractivity contribution >= 4 is 17.7 Å². The van der Waals surface area contributed by atoms with Crippen LogP contribution in [-0.2, 0) is 4.79 Å². The predicted octanol–water partition coefficient (Wildman–Crippen LogP) is 3.27. The minimum absolute atomic E-state index is 0.0983. The smallest absolute Gasteiger partial charge is 0.304 e. The van der Waals surface area contributed by atoms with Gasteiger partial charge in [0.25, 0.3) is 0 Å². The van der Waals surface area contributed by atoms with Gasteiger partial charge in [0.1, 0.15) is 0 Å². The van der Waals surface area contributed by atoms with E-state index in [2.05, 4.69) is 43.0 Å². The van der Waals surface area contributed by atoms with Crippen molar-refractivity contribution in [1.82, 2.24) is 4.90 Å². The third-order valence-electron chi connectivity index (χ3n) is 3.17. The zero-order chi connectivity index (χ0) is 14.3. The summed E-state index contributed by atoms with van der Waals surface area (Å²) in [7, 11) is 0. The van der Waals surface area contributed by atoms with E-state index in [-0.39, 0.29) is 12.5 Å². The Kier molecular flexibility index (Phi) is 6.95. The number of nitrogens with zero attached hydrogens (tertiary/aromatic N) is 1. The van der Waals surface area contributed by atoms with Gasteiger partial charge >= 0.3 is 5.97 Å². The lowest BCUT2D eigenvalue weighted by atomic mass is 10.2. The zero-order valence-corrected chi connectivity index (χ0v) is 12.7. The molecule has 0 fully saturated rings. The minimum Gasteiger partial charge on any atom is -0.481 e. The molecule has 0 saturated heterocycles. The first-order valence-corrected chi connectivity index (χ1v) is 7.66. The van der Waals surface area contributed by atoms with Crippen LogP contribution in [0.4, 0.5) is 0 Å². The molecule has 0 aliphatic heterocycles. The van der Waals surface area contributed by atoms with Crippen molar-refractivity contribution in [1.29, 1.82) is 0 Å². The van der Waals surface area contributed by atoms with E-state index in [1.165, 1.54) is 10.5 Å². The van der Waals surface area contributed by atoms with Crippen molar-refractivity contribution in [2.75, 3.05) is 18.8 Å². The van der Waals surface area contributed by atoms with Gasteiger partial charge in [-0.15, -0.1) is 11.8 Å². The van der Waals surface area contributed by atoms with E-state index in [0.29, 0.717) is 0 Å². The molecule has 0 radical (unpaired) electrons. The molecule has 1 rings (SSSR count). The van der Waals surface area contributed by atoms with Crippen molar-refractivity contribution in [3.8, 4) is 0 Å². The van der Waals surface area contributed by atoms with E-state index in [9.17, 15) is 4.79 Å². The maximum Gasteiger partial charge on any atom is 0.304 e. The Morgan fingerprint density at radius 2 is 2.00 bits per heavy atom. The first-order chi connectivity index (χ1) is 9.02. The van der Waals surface area contributed by atoms with Gasteiger partial charge < -0.3 is 5.11 Å². The second kappa shape index (κ2) is 8.23. The van der Waals surface area contributed by atoms with E-state index in [4.69, 9.17) is 5.11 Å². The second-order valence-corrected chi connectivity index (χ2v) is 5.91. The van der Waals surface area contributed by atoms with Crippen LogP contribution >= 0.6 is 11.8 Å². The van der Waals surface area contributed by atoms with E-state index >= 15 is 0 Å². The predicted molar refractivity (Wildman–Crippen MR) is 80.9 cm³/mol. The van der Waals surface area contributed by atoms with Gasteiger partial charge in [0.2, 0.25) is 0 Å². The van der Waals surface area contributed by atoms with Crippen LogP contribution < -0.4 is 0 Å². The highest BCUT2D eigenvalue weighted by Crippen LogP contribution is 2.18. The molecule has 1 unspecified atom stereocenters. The molecular formula is C15H23NO2S. The van der Waals surface area contributed by atoms with Crippen LogP contribution in [0.5, 0.6) is 0 Å². The Hall–Kier alpha value is -1.00. The molecule has 1 aromatic carbocycles. The molecule has 1 atom stereocenters. The van der Waals surface area contributed by atoms with E-state index in [1.54, 1.807) is 0 Å². The maximum atomic E-state index is 10.7. The Bertz CT molecular complexity index is 392. The number of carbonyl (C=O) groups is 1. The summed E-state index contributed by atoms with van der Waals surface area (Å²) in [5, 5.41) is 8.83. The minimum atomic E-state index is -0.725. The van der Waals surface area contributed by atoms with Crippen molar-refractivity contribution in [2.24, 2.45) is 0 Å². The van der Waals surface area contributed by atoms with E-state index in [1.807, 2.05) is 18.7 Å². The largest absolute Gasteiger partial charge is 0.481 e. The van der Waals surface area contributed by atoms with Crippen molar-refractivity contribution < 1.29 is 9.90 Å². The fraction of sp³-hybridized carbons (Fsp3) is 0.533. The van der Waals surface area contributed by atoms with Crippen LogP contribution in [0.2, 0.25) is 0 Å². The number of aliphatic carboxylic acids is 1. The molecule has 1 N–H and O–H groups in total. The molecule has 0 aliphatic rings. The van der Waals surface area contributed by atoms with Gasteiger partial charge in [0.05, 0.1) is 6.42 Å². The SMILES string of the molecule is CCN(CCSc1ccc(C)cc1)C(C)CC(=O)O. The quantitative estimate of drug-likeness (QED) is 0.742. The number of hydrogen-bond donors (Lipinski definition) is 1. The van der Waals surface area contributed by atoms with Gasteiger partial charge in [-0.2, -0.15) is 0 Å². The Morgan fingerprint density at radius 3 is 2.53 bits per heavy atom. The third kappa shape index (κ3) is 6.12. The highest BCUT2D eigenvalue weighted by atomic mass is 32.2. The molecule has 0 aliphatic carbocycles. The molecule has 106 valence electrons. The zero-order valence-electron chi connectivity index (χ0n) is 11.9. The van der Waals surface area contributed by atoms with Gasteiger partial charge in [0.15, 0.2) is 0 Å². The molecule has 0 spiro atoms. The Labute approximate surface area is 120 Å². The number of aryl methyl sites for hydroxylation is 1. The number of rotatable bonds is 8. The average Bonchev–Trinajstić information content (AvgIpc) is 2.36. The summed E-state index contributed by atoms with van der Waals surface area (Å²) in [5.74, 6) is 0.262. The lowest BCUT2D eigenvalue weighted by molar-refractivity contribution is -0.138. The molecule has 0 saturated carbocycles. The Balaban J connectivity index is 2.37. The maximum absolute atomic E-state index is 10.7. The monoisotopic (exact) mass is 281 g/mol. The molecule has 19 heavy (non-hydrogen) atoms. The first kappa shape index (κ1) is 16.1. The number of benzene rings is 1. The number of hydrogen-bond acceptors (Lipinski definition) is 3. The van der Waals surface area contributed by atoms with Gasteiger partial charge in [0, 0.05) is 23.2 Å². The molecule has 1 aromatic rings. The summed E-state index contributed by atoms with van der Waals surface area (Å²) in [4.78, 5) is 14.2. The van der Waals surface area contributed by atoms with Crippen LogP contribution in [0.1, 0.15) is 25.8 Å². The van der Waals surface area contributed by atoms with Crippen molar-refractivity contribution in [3.63, 3.8) is 0 Å². The van der Waals surface area contributed by atoms with Gasteiger partial charge in [-0.3, -0.25) is 9.69 Å². The summed E-state index contributed by atoms with van der Waals surface area (Å²) < 4.78 is 0. The van der Waals surface area contributed by atoms with Crippen LogP contribution in [-0.4, -0.2) is 40.9 Å². The van der Waals surface area contributed by atoms with Crippen molar-refractivity contribution in [3.05, 3.63) is 29.8 Å². The molecule has 0 heterocycles. The summed E-state index contributed by atoms with van der Waals surface area (Å²) in [6, 6.07) is 8.61.